The Kier molecular flexibility index (Phi) is 3.40. The number of aromatic nitrogens is 1. The number of nitrogens with zero attached hydrogens (tertiary/aromatic N) is 3. The SMILES string of the molecule is CN(CC1CC1)c1cc(C(=O)N2CCCC2)ccn1. The maximum absolute atomic E-state index is 12.3. The second-order valence-corrected chi connectivity index (χ2v) is 5.73. The van der Waals surface area contributed by atoms with Crippen LogP contribution < -0.4 is 4.90 Å². The maximum atomic E-state index is 12.3. The Morgan fingerprint density at radius 3 is 2.84 bits per heavy atom. The van der Waals surface area contributed by atoms with Crippen LogP contribution in [0.3, 0.4) is 0 Å². The molecule has 19 heavy (non-hydrogen) atoms. The lowest BCUT2D eigenvalue weighted by atomic mass is 10.2. The topological polar surface area (TPSA) is 36.4 Å². The fourth-order valence-electron chi connectivity index (χ4n) is 2.64. The molecule has 0 N–H and O–H groups in total. The average Bonchev–Trinajstić information content (AvgIpc) is 3.08. The average molecular weight is 259 g/mol. The number of hydrogen-bond donors (Lipinski definition) is 0. The van der Waals surface area contributed by atoms with E-state index in [9.17, 15) is 4.79 Å². The minimum absolute atomic E-state index is 0.154. The fourth-order valence-corrected chi connectivity index (χ4v) is 2.64. The molecule has 1 saturated heterocycles. The van der Waals surface area contributed by atoms with Crippen molar-refractivity contribution < 1.29 is 4.79 Å². The Hall–Kier alpha value is -1.58. The van der Waals surface area contributed by atoms with Gasteiger partial charge < -0.3 is 9.80 Å². The first-order valence-electron chi connectivity index (χ1n) is 7.20. The second kappa shape index (κ2) is 5.19. The van der Waals surface area contributed by atoms with Crippen LogP contribution in [-0.2, 0) is 0 Å². The van der Waals surface area contributed by atoms with Crippen LogP contribution in [0.5, 0.6) is 0 Å². The summed E-state index contributed by atoms with van der Waals surface area (Å²) in [6, 6.07) is 3.76. The van der Waals surface area contributed by atoms with Crippen molar-refractivity contribution in [3.8, 4) is 0 Å². The van der Waals surface area contributed by atoms with Crippen molar-refractivity contribution in [1.82, 2.24) is 9.88 Å². The molecule has 4 heteroatoms. The van der Waals surface area contributed by atoms with Gasteiger partial charge in [0, 0.05) is 38.4 Å². The van der Waals surface area contributed by atoms with Crippen LogP contribution in [-0.4, -0.2) is 42.5 Å². The lowest BCUT2D eigenvalue weighted by Gasteiger charge is -2.20. The van der Waals surface area contributed by atoms with E-state index in [0.717, 1.165) is 49.8 Å². The van der Waals surface area contributed by atoms with Gasteiger partial charge in [0.05, 0.1) is 0 Å². The van der Waals surface area contributed by atoms with Gasteiger partial charge in [-0.2, -0.15) is 0 Å². The van der Waals surface area contributed by atoms with Crippen molar-refractivity contribution >= 4 is 11.7 Å². The van der Waals surface area contributed by atoms with E-state index < -0.39 is 0 Å². The number of rotatable bonds is 4. The van der Waals surface area contributed by atoms with Gasteiger partial charge in [-0.3, -0.25) is 4.79 Å². The van der Waals surface area contributed by atoms with Gasteiger partial charge in [0.1, 0.15) is 5.82 Å². The number of pyridine rings is 1. The Morgan fingerprint density at radius 2 is 2.16 bits per heavy atom. The standard InChI is InChI=1S/C15H21N3O/c1-17(11-12-4-5-12)14-10-13(6-7-16-14)15(19)18-8-2-3-9-18/h6-7,10,12H,2-5,8-9,11H2,1H3. The molecule has 2 heterocycles. The summed E-state index contributed by atoms with van der Waals surface area (Å²) >= 11 is 0. The van der Waals surface area contributed by atoms with Crippen molar-refractivity contribution in [3.63, 3.8) is 0 Å². The van der Waals surface area contributed by atoms with E-state index >= 15 is 0 Å². The minimum atomic E-state index is 0.154. The number of amides is 1. The first kappa shape index (κ1) is 12.5. The third-order valence-electron chi connectivity index (χ3n) is 4.01. The zero-order valence-electron chi connectivity index (χ0n) is 11.5. The Balaban J connectivity index is 1.72. The Morgan fingerprint density at radius 1 is 1.42 bits per heavy atom. The van der Waals surface area contributed by atoms with Crippen molar-refractivity contribution in [3.05, 3.63) is 23.9 Å². The smallest absolute Gasteiger partial charge is 0.254 e. The predicted molar refractivity (Wildman–Crippen MR) is 75.4 cm³/mol. The van der Waals surface area contributed by atoms with Gasteiger partial charge in [-0.15, -0.1) is 0 Å². The highest BCUT2D eigenvalue weighted by molar-refractivity contribution is 5.95. The lowest BCUT2D eigenvalue weighted by molar-refractivity contribution is 0.0792. The van der Waals surface area contributed by atoms with Crippen molar-refractivity contribution in [2.24, 2.45) is 5.92 Å². The summed E-state index contributed by atoms with van der Waals surface area (Å²) in [5.74, 6) is 1.89. The second-order valence-electron chi connectivity index (χ2n) is 5.73. The summed E-state index contributed by atoms with van der Waals surface area (Å²) in [5.41, 5.74) is 0.773. The summed E-state index contributed by atoms with van der Waals surface area (Å²) in [6.07, 6.45) is 6.67. The Bertz CT molecular complexity index is 464. The molecule has 1 aromatic rings. The molecule has 1 aromatic heterocycles. The zero-order chi connectivity index (χ0) is 13.2. The molecule has 4 nitrogen and oxygen atoms in total. The van der Waals surface area contributed by atoms with Crippen LogP contribution in [0.2, 0.25) is 0 Å². The number of anilines is 1. The highest BCUT2D eigenvalue weighted by Gasteiger charge is 2.24. The van der Waals surface area contributed by atoms with Crippen LogP contribution in [0.25, 0.3) is 0 Å². The molecule has 0 radical (unpaired) electrons. The predicted octanol–water partition coefficient (Wildman–Crippen LogP) is 2.16. The van der Waals surface area contributed by atoms with Gasteiger partial charge in [-0.05, 0) is 43.7 Å². The van der Waals surface area contributed by atoms with Crippen LogP contribution in [0.4, 0.5) is 5.82 Å². The van der Waals surface area contributed by atoms with E-state index in [1.165, 1.54) is 12.8 Å². The van der Waals surface area contributed by atoms with Gasteiger partial charge in [0.2, 0.25) is 0 Å². The number of hydrogen-bond acceptors (Lipinski definition) is 3. The minimum Gasteiger partial charge on any atom is -0.359 e. The van der Waals surface area contributed by atoms with Crippen LogP contribution in [0, 0.1) is 5.92 Å². The third kappa shape index (κ3) is 2.88. The van der Waals surface area contributed by atoms with Crippen molar-refractivity contribution in [2.45, 2.75) is 25.7 Å². The molecule has 102 valence electrons. The van der Waals surface area contributed by atoms with Crippen molar-refractivity contribution in [1.29, 1.82) is 0 Å². The van der Waals surface area contributed by atoms with E-state index in [1.807, 2.05) is 17.0 Å². The first-order chi connectivity index (χ1) is 9.24. The molecular weight excluding hydrogens is 238 g/mol. The highest BCUT2D eigenvalue weighted by Crippen LogP contribution is 2.30. The summed E-state index contributed by atoms with van der Waals surface area (Å²) in [4.78, 5) is 20.8. The molecule has 1 aliphatic carbocycles. The number of carbonyl (C=O) groups excluding carboxylic acids is 1. The summed E-state index contributed by atoms with van der Waals surface area (Å²) < 4.78 is 0. The third-order valence-corrected chi connectivity index (χ3v) is 4.01. The highest BCUT2D eigenvalue weighted by atomic mass is 16.2. The van der Waals surface area contributed by atoms with Gasteiger partial charge in [0.25, 0.3) is 5.91 Å². The van der Waals surface area contributed by atoms with E-state index in [2.05, 4.69) is 16.9 Å². The van der Waals surface area contributed by atoms with Crippen LogP contribution in [0.15, 0.2) is 18.3 Å². The fraction of sp³-hybridized carbons (Fsp3) is 0.600. The van der Waals surface area contributed by atoms with Crippen LogP contribution in [0.1, 0.15) is 36.0 Å². The Labute approximate surface area is 114 Å². The molecule has 2 aliphatic rings. The molecule has 1 amide bonds. The molecular formula is C15H21N3O. The number of carbonyl (C=O) groups is 1. The van der Waals surface area contributed by atoms with Gasteiger partial charge in [0.15, 0.2) is 0 Å². The van der Waals surface area contributed by atoms with Gasteiger partial charge in [-0.1, -0.05) is 0 Å². The molecule has 2 fully saturated rings. The van der Waals surface area contributed by atoms with E-state index in [1.54, 1.807) is 6.20 Å². The van der Waals surface area contributed by atoms with E-state index in [4.69, 9.17) is 0 Å². The van der Waals surface area contributed by atoms with E-state index in [0.29, 0.717) is 0 Å². The van der Waals surface area contributed by atoms with Gasteiger partial charge >= 0.3 is 0 Å². The molecule has 1 saturated carbocycles. The maximum Gasteiger partial charge on any atom is 0.254 e. The van der Waals surface area contributed by atoms with Crippen LogP contribution >= 0.6 is 0 Å². The molecule has 0 atom stereocenters. The molecule has 0 unspecified atom stereocenters. The molecule has 0 aromatic carbocycles. The lowest BCUT2D eigenvalue weighted by Crippen LogP contribution is -2.28. The largest absolute Gasteiger partial charge is 0.359 e. The molecule has 3 rings (SSSR count). The summed E-state index contributed by atoms with van der Waals surface area (Å²) in [7, 11) is 2.06. The monoisotopic (exact) mass is 259 g/mol. The van der Waals surface area contributed by atoms with E-state index in [-0.39, 0.29) is 5.91 Å². The molecule has 0 spiro atoms. The number of likely N-dealkylation sites (tertiary alicyclic amines) is 1. The molecule has 0 bridgehead atoms. The van der Waals surface area contributed by atoms with Gasteiger partial charge in [-0.25, -0.2) is 4.98 Å². The quantitative estimate of drug-likeness (QED) is 0.831. The summed E-state index contributed by atoms with van der Waals surface area (Å²) in [5, 5.41) is 0. The zero-order valence-corrected chi connectivity index (χ0v) is 11.5. The molecule has 1 aliphatic heterocycles. The van der Waals surface area contributed by atoms with Crippen molar-refractivity contribution in [2.75, 3.05) is 31.6 Å². The normalized spacial score (nSPS) is 18.7. The first-order valence-corrected chi connectivity index (χ1v) is 7.20. The summed E-state index contributed by atoms with van der Waals surface area (Å²) in [6.45, 7) is 2.84.